The smallest absolute Gasteiger partial charge is 0.270 e. The first-order valence-corrected chi connectivity index (χ1v) is 5.81. The van der Waals surface area contributed by atoms with Gasteiger partial charge in [0.25, 0.3) is 5.91 Å². The van der Waals surface area contributed by atoms with Gasteiger partial charge in [0.2, 0.25) is 0 Å². The lowest BCUT2D eigenvalue weighted by Gasteiger charge is -2.18. The highest BCUT2D eigenvalue weighted by Crippen LogP contribution is 2.16. The van der Waals surface area contributed by atoms with Gasteiger partial charge in [-0.05, 0) is 32.4 Å². The Morgan fingerprint density at radius 3 is 2.88 bits per heavy atom. The zero-order valence-corrected chi connectivity index (χ0v) is 9.89. The molecule has 2 rings (SSSR count). The molecule has 4 heteroatoms. The van der Waals surface area contributed by atoms with Crippen molar-refractivity contribution in [1.29, 1.82) is 0 Å². The predicted molar refractivity (Wildman–Crippen MR) is 63.3 cm³/mol. The molecular formula is C12H19N3O. The topological polar surface area (TPSA) is 51.3 Å². The summed E-state index contributed by atoms with van der Waals surface area (Å²) in [7, 11) is 0. The maximum absolute atomic E-state index is 12.2. The van der Waals surface area contributed by atoms with Gasteiger partial charge in [-0.25, -0.2) is 0 Å². The summed E-state index contributed by atoms with van der Waals surface area (Å²) in [6.45, 7) is 5.62. The first kappa shape index (κ1) is 11.2. The van der Waals surface area contributed by atoms with Gasteiger partial charge in [-0.2, -0.15) is 0 Å². The van der Waals surface area contributed by atoms with Crippen molar-refractivity contribution < 1.29 is 4.79 Å². The Morgan fingerprint density at radius 2 is 2.31 bits per heavy atom. The Kier molecular flexibility index (Phi) is 3.01. The van der Waals surface area contributed by atoms with E-state index >= 15 is 0 Å². The van der Waals surface area contributed by atoms with Gasteiger partial charge >= 0.3 is 0 Å². The number of carbonyl (C=O) groups is 1. The molecule has 0 aliphatic carbocycles. The molecule has 1 amide bonds. The third kappa shape index (κ3) is 1.97. The van der Waals surface area contributed by atoms with E-state index in [2.05, 4.69) is 13.8 Å². The Bertz CT molecular complexity index is 383. The van der Waals surface area contributed by atoms with Gasteiger partial charge < -0.3 is 15.2 Å². The van der Waals surface area contributed by atoms with Crippen molar-refractivity contribution in [2.75, 3.05) is 13.1 Å². The Morgan fingerprint density at radius 1 is 1.56 bits per heavy atom. The standard InChI is InChI=1S/C12H19N3O/c1-9(2)15-6-3-4-11(15)12(16)14-7-5-10(13)8-14/h3-4,6,9-10H,5,7-8,13H2,1-2H3. The first-order valence-electron chi connectivity index (χ1n) is 5.81. The lowest BCUT2D eigenvalue weighted by molar-refractivity contribution is 0.0778. The summed E-state index contributed by atoms with van der Waals surface area (Å²) in [4.78, 5) is 14.1. The largest absolute Gasteiger partial charge is 0.341 e. The molecule has 1 unspecified atom stereocenters. The highest BCUT2D eigenvalue weighted by atomic mass is 16.2. The number of aromatic nitrogens is 1. The molecule has 1 aliphatic rings. The molecule has 88 valence electrons. The van der Waals surface area contributed by atoms with E-state index in [-0.39, 0.29) is 11.9 Å². The minimum absolute atomic E-state index is 0.103. The minimum atomic E-state index is 0.103. The Balaban J connectivity index is 2.17. The van der Waals surface area contributed by atoms with Crippen molar-refractivity contribution in [3.63, 3.8) is 0 Å². The summed E-state index contributed by atoms with van der Waals surface area (Å²) < 4.78 is 2.01. The van der Waals surface area contributed by atoms with Crippen LogP contribution in [-0.4, -0.2) is 34.5 Å². The fourth-order valence-corrected chi connectivity index (χ4v) is 2.16. The van der Waals surface area contributed by atoms with Gasteiger partial charge in [-0.15, -0.1) is 0 Å². The molecule has 1 atom stereocenters. The van der Waals surface area contributed by atoms with Crippen molar-refractivity contribution in [3.05, 3.63) is 24.0 Å². The number of rotatable bonds is 2. The van der Waals surface area contributed by atoms with E-state index in [1.165, 1.54) is 0 Å². The highest BCUT2D eigenvalue weighted by molar-refractivity contribution is 5.93. The number of nitrogens with zero attached hydrogens (tertiary/aromatic N) is 2. The van der Waals surface area contributed by atoms with Gasteiger partial charge in [0.1, 0.15) is 5.69 Å². The van der Waals surface area contributed by atoms with Gasteiger partial charge in [-0.1, -0.05) is 0 Å². The van der Waals surface area contributed by atoms with Crippen LogP contribution in [0.3, 0.4) is 0 Å². The normalized spacial score (nSPS) is 20.8. The van der Waals surface area contributed by atoms with E-state index in [0.29, 0.717) is 12.6 Å². The molecule has 1 aromatic rings. The molecule has 2 N–H and O–H groups in total. The van der Waals surface area contributed by atoms with Crippen LogP contribution in [-0.2, 0) is 0 Å². The average Bonchev–Trinajstić information content (AvgIpc) is 2.84. The second-order valence-electron chi connectivity index (χ2n) is 4.69. The van der Waals surface area contributed by atoms with Crippen LogP contribution in [0.4, 0.5) is 0 Å². The first-order chi connectivity index (χ1) is 7.59. The van der Waals surface area contributed by atoms with E-state index in [0.717, 1.165) is 18.7 Å². The fourth-order valence-electron chi connectivity index (χ4n) is 2.16. The number of carbonyl (C=O) groups excluding carboxylic acids is 1. The third-order valence-corrected chi connectivity index (χ3v) is 3.07. The van der Waals surface area contributed by atoms with Crippen molar-refractivity contribution in [1.82, 2.24) is 9.47 Å². The van der Waals surface area contributed by atoms with Crippen LogP contribution in [0.25, 0.3) is 0 Å². The van der Waals surface area contributed by atoms with Crippen molar-refractivity contribution in [2.45, 2.75) is 32.4 Å². The Hall–Kier alpha value is -1.29. The van der Waals surface area contributed by atoms with Crippen LogP contribution < -0.4 is 5.73 Å². The zero-order chi connectivity index (χ0) is 11.7. The number of amides is 1. The van der Waals surface area contributed by atoms with Crippen LogP contribution in [0.15, 0.2) is 18.3 Å². The molecule has 1 fully saturated rings. The second kappa shape index (κ2) is 4.29. The third-order valence-electron chi connectivity index (χ3n) is 3.07. The monoisotopic (exact) mass is 221 g/mol. The lowest BCUT2D eigenvalue weighted by atomic mass is 10.3. The summed E-state index contributed by atoms with van der Waals surface area (Å²) in [5.74, 6) is 0.103. The maximum atomic E-state index is 12.2. The number of hydrogen-bond acceptors (Lipinski definition) is 2. The second-order valence-corrected chi connectivity index (χ2v) is 4.69. The summed E-state index contributed by atoms with van der Waals surface area (Å²) in [5, 5.41) is 0. The predicted octanol–water partition coefficient (Wildman–Crippen LogP) is 1.24. The summed E-state index contributed by atoms with van der Waals surface area (Å²) in [5.41, 5.74) is 6.58. The van der Waals surface area contributed by atoms with E-state index in [4.69, 9.17) is 5.73 Å². The molecule has 0 radical (unpaired) electrons. The van der Waals surface area contributed by atoms with E-state index in [1.54, 1.807) is 0 Å². The van der Waals surface area contributed by atoms with Crippen LogP contribution in [0.5, 0.6) is 0 Å². The summed E-state index contributed by atoms with van der Waals surface area (Å²) in [6, 6.07) is 4.26. The molecule has 0 saturated carbocycles. The molecule has 0 bridgehead atoms. The van der Waals surface area contributed by atoms with Gasteiger partial charge in [-0.3, -0.25) is 4.79 Å². The average molecular weight is 221 g/mol. The van der Waals surface area contributed by atoms with E-state index in [9.17, 15) is 4.79 Å². The Labute approximate surface area is 96.0 Å². The molecule has 1 saturated heterocycles. The van der Waals surface area contributed by atoms with Gasteiger partial charge in [0.15, 0.2) is 0 Å². The zero-order valence-electron chi connectivity index (χ0n) is 9.89. The molecule has 0 aromatic carbocycles. The SMILES string of the molecule is CC(C)n1cccc1C(=O)N1CCC(N)C1. The molecule has 2 heterocycles. The highest BCUT2D eigenvalue weighted by Gasteiger charge is 2.26. The summed E-state index contributed by atoms with van der Waals surface area (Å²) >= 11 is 0. The quantitative estimate of drug-likeness (QED) is 0.817. The van der Waals surface area contributed by atoms with Crippen molar-refractivity contribution >= 4 is 5.91 Å². The van der Waals surface area contributed by atoms with E-state index in [1.807, 2.05) is 27.8 Å². The van der Waals surface area contributed by atoms with E-state index < -0.39 is 0 Å². The lowest BCUT2D eigenvalue weighted by Crippen LogP contribution is -2.33. The van der Waals surface area contributed by atoms with Crippen molar-refractivity contribution in [3.8, 4) is 0 Å². The molecular weight excluding hydrogens is 202 g/mol. The van der Waals surface area contributed by atoms with Gasteiger partial charge in [0, 0.05) is 31.4 Å². The maximum Gasteiger partial charge on any atom is 0.270 e. The molecule has 0 spiro atoms. The van der Waals surface area contributed by atoms with Crippen molar-refractivity contribution in [2.24, 2.45) is 5.73 Å². The minimum Gasteiger partial charge on any atom is -0.341 e. The van der Waals surface area contributed by atoms with Crippen LogP contribution in [0.1, 0.15) is 36.8 Å². The number of hydrogen-bond donors (Lipinski definition) is 1. The van der Waals surface area contributed by atoms with Crippen LogP contribution in [0, 0.1) is 0 Å². The summed E-state index contributed by atoms with van der Waals surface area (Å²) in [6.07, 6.45) is 2.86. The van der Waals surface area contributed by atoms with Crippen LogP contribution >= 0.6 is 0 Å². The molecule has 1 aromatic heterocycles. The number of nitrogens with two attached hydrogens (primary N) is 1. The fraction of sp³-hybridized carbons (Fsp3) is 0.583. The molecule has 4 nitrogen and oxygen atoms in total. The molecule has 1 aliphatic heterocycles. The molecule has 16 heavy (non-hydrogen) atoms. The van der Waals surface area contributed by atoms with Gasteiger partial charge in [0.05, 0.1) is 0 Å². The number of likely N-dealkylation sites (tertiary alicyclic amines) is 1. The van der Waals surface area contributed by atoms with Crippen LogP contribution in [0.2, 0.25) is 0 Å².